The molecule has 1 aromatic carbocycles. The zero-order valence-electron chi connectivity index (χ0n) is 12.4. The van der Waals surface area contributed by atoms with Crippen LogP contribution >= 0.6 is 0 Å². The maximum Gasteiger partial charge on any atom is 0.293 e. The molecule has 0 spiro atoms. The molecule has 0 aromatic heterocycles. The standard InChI is InChI=1S/C15H21N3O3/c1-3-16-12-7-6-11(10-13(12)18(20)21)14(19)17-15(2)8-4-5-9-15/h6-7,10,16H,3-5,8-9H2,1-2H3,(H,17,19). The maximum atomic E-state index is 12.3. The number of hydrogen-bond acceptors (Lipinski definition) is 4. The van der Waals surface area contributed by atoms with Gasteiger partial charge in [0.2, 0.25) is 0 Å². The van der Waals surface area contributed by atoms with E-state index in [1.165, 1.54) is 6.07 Å². The van der Waals surface area contributed by atoms with Crippen molar-refractivity contribution >= 4 is 17.3 Å². The van der Waals surface area contributed by atoms with Crippen LogP contribution < -0.4 is 10.6 Å². The van der Waals surface area contributed by atoms with Gasteiger partial charge < -0.3 is 10.6 Å². The molecule has 2 N–H and O–H groups in total. The number of carbonyl (C=O) groups excluding carboxylic acids is 1. The van der Waals surface area contributed by atoms with E-state index in [4.69, 9.17) is 0 Å². The fourth-order valence-electron chi connectivity index (χ4n) is 2.79. The molecule has 1 aliphatic rings. The summed E-state index contributed by atoms with van der Waals surface area (Å²) in [5.41, 5.74) is 0.510. The van der Waals surface area contributed by atoms with Crippen molar-refractivity contribution in [1.29, 1.82) is 0 Å². The monoisotopic (exact) mass is 291 g/mol. The predicted molar refractivity (Wildman–Crippen MR) is 81.6 cm³/mol. The number of rotatable bonds is 5. The first-order valence-corrected chi connectivity index (χ1v) is 7.30. The average molecular weight is 291 g/mol. The Balaban J connectivity index is 2.21. The molecule has 114 valence electrons. The highest BCUT2D eigenvalue weighted by Crippen LogP contribution is 2.30. The minimum atomic E-state index is -0.466. The average Bonchev–Trinajstić information content (AvgIpc) is 2.85. The van der Waals surface area contributed by atoms with Gasteiger partial charge in [-0.25, -0.2) is 0 Å². The van der Waals surface area contributed by atoms with Gasteiger partial charge in [0, 0.05) is 23.7 Å². The second-order valence-electron chi connectivity index (χ2n) is 5.74. The molecule has 0 bridgehead atoms. The van der Waals surface area contributed by atoms with Crippen LogP contribution in [0.1, 0.15) is 49.9 Å². The Bertz CT molecular complexity index is 551. The lowest BCUT2D eigenvalue weighted by Crippen LogP contribution is -2.43. The highest BCUT2D eigenvalue weighted by atomic mass is 16.6. The summed E-state index contributed by atoms with van der Waals surface area (Å²) in [6, 6.07) is 4.55. The van der Waals surface area contributed by atoms with Crippen molar-refractivity contribution in [2.75, 3.05) is 11.9 Å². The third kappa shape index (κ3) is 3.51. The number of nitro benzene ring substituents is 1. The van der Waals surface area contributed by atoms with Gasteiger partial charge in [-0.15, -0.1) is 0 Å². The molecule has 2 rings (SSSR count). The lowest BCUT2D eigenvalue weighted by atomic mass is 10.00. The van der Waals surface area contributed by atoms with E-state index in [1.807, 2.05) is 13.8 Å². The second-order valence-corrected chi connectivity index (χ2v) is 5.74. The molecule has 0 atom stereocenters. The number of nitrogens with one attached hydrogen (secondary N) is 2. The van der Waals surface area contributed by atoms with Crippen molar-refractivity contribution < 1.29 is 9.72 Å². The molecule has 6 heteroatoms. The zero-order valence-corrected chi connectivity index (χ0v) is 12.4. The number of nitrogens with zero attached hydrogens (tertiary/aromatic N) is 1. The maximum absolute atomic E-state index is 12.3. The highest BCUT2D eigenvalue weighted by molar-refractivity contribution is 5.96. The van der Waals surface area contributed by atoms with Crippen LogP contribution in [-0.4, -0.2) is 22.9 Å². The van der Waals surface area contributed by atoms with E-state index in [0.717, 1.165) is 25.7 Å². The molecule has 21 heavy (non-hydrogen) atoms. The van der Waals surface area contributed by atoms with Crippen molar-refractivity contribution in [1.82, 2.24) is 5.32 Å². The SMILES string of the molecule is CCNc1ccc(C(=O)NC2(C)CCCC2)cc1[N+](=O)[O-]. The summed E-state index contributed by atoms with van der Waals surface area (Å²) >= 11 is 0. The molecule has 1 amide bonds. The van der Waals surface area contributed by atoms with E-state index in [9.17, 15) is 14.9 Å². The highest BCUT2D eigenvalue weighted by Gasteiger charge is 2.30. The summed E-state index contributed by atoms with van der Waals surface area (Å²) in [4.78, 5) is 22.9. The van der Waals surface area contributed by atoms with Crippen molar-refractivity contribution in [2.24, 2.45) is 0 Å². The van der Waals surface area contributed by atoms with Gasteiger partial charge in [0.15, 0.2) is 0 Å². The fraction of sp³-hybridized carbons (Fsp3) is 0.533. The molecule has 1 aliphatic carbocycles. The van der Waals surface area contributed by atoms with Crippen molar-refractivity contribution in [3.05, 3.63) is 33.9 Å². The van der Waals surface area contributed by atoms with Crippen molar-refractivity contribution in [3.8, 4) is 0 Å². The Kier molecular flexibility index (Phi) is 4.45. The third-order valence-electron chi connectivity index (χ3n) is 3.95. The Labute approximate surface area is 124 Å². The lowest BCUT2D eigenvalue weighted by Gasteiger charge is -2.25. The minimum absolute atomic E-state index is 0.0684. The van der Waals surface area contributed by atoms with E-state index in [2.05, 4.69) is 10.6 Å². The van der Waals surface area contributed by atoms with E-state index in [-0.39, 0.29) is 17.1 Å². The predicted octanol–water partition coefficient (Wildman–Crippen LogP) is 3.09. The second kappa shape index (κ2) is 6.11. The van der Waals surface area contributed by atoms with Crippen LogP contribution in [0, 0.1) is 10.1 Å². The summed E-state index contributed by atoms with van der Waals surface area (Å²) in [6.45, 7) is 4.48. The minimum Gasteiger partial charge on any atom is -0.380 e. The molecule has 1 saturated carbocycles. The number of carbonyl (C=O) groups is 1. The van der Waals surface area contributed by atoms with E-state index in [0.29, 0.717) is 17.8 Å². The van der Waals surface area contributed by atoms with Crippen LogP contribution in [-0.2, 0) is 0 Å². The first kappa shape index (κ1) is 15.3. The number of amides is 1. The first-order valence-electron chi connectivity index (χ1n) is 7.30. The summed E-state index contributed by atoms with van der Waals surface area (Å²) < 4.78 is 0. The molecule has 0 unspecified atom stereocenters. The third-order valence-corrected chi connectivity index (χ3v) is 3.95. The Morgan fingerprint density at radius 3 is 2.62 bits per heavy atom. The Hall–Kier alpha value is -2.11. The Morgan fingerprint density at radius 2 is 2.05 bits per heavy atom. The van der Waals surface area contributed by atoms with Gasteiger partial charge in [-0.3, -0.25) is 14.9 Å². The molecular weight excluding hydrogens is 270 g/mol. The molecule has 0 heterocycles. The summed E-state index contributed by atoms with van der Waals surface area (Å²) in [6.07, 6.45) is 4.12. The van der Waals surface area contributed by atoms with Crippen molar-refractivity contribution in [2.45, 2.75) is 45.1 Å². The van der Waals surface area contributed by atoms with Crippen molar-refractivity contribution in [3.63, 3.8) is 0 Å². The number of benzene rings is 1. The van der Waals surface area contributed by atoms with Gasteiger partial charge in [-0.2, -0.15) is 0 Å². The number of anilines is 1. The molecular formula is C15H21N3O3. The topological polar surface area (TPSA) is 84.3 Å². The molecule has 0 radical (unpaired) electrons. The van der Waals surface area contributed by atoms with Gasteiger partial charge in [0.1, 0.15) is 5.69 Å². The summed E-state index contributed by atoms with van der Waals surface area (Å²) in [7, 11) is 0. The lowest BCUT2D eigenvalue weighted by molar-refractivity contribution is -0.384. The van der Waals surface area contributed by atoms with Gasteiger partial charge in [-0.05, 0) is 38.8 Å². The fourth-order valence-corrected chi connectivity index (χ4v) is 2.79. The van der Waals surface area contributed by atoms with Crippen LogP contribution in [0.3, 0.4) is 0 Å². The van der Waals surface area contributed by atoms with Gasteiger partial charge in [0.25, 0.3) is 11.6 Å². The number of nitro groups is 1. The van der Waals surface area contributed by atoms with E-state index >= 15 is 0 Å². The largest absolute Gasteiger partial charge is 0.380 e. The molecule has 0 aliphatic heterocycles. The summed E-state index contributed by atoms with van der Waals surface area (Å²) in [5.74, 6) is -0.245. The van der Waals surface area contributed by atoms with Gasteiger partial charge in [-0.1, -0.05) is 12.8 Å². The first-order chi connectivity index (χ1) is 9.95. The molecule has 1 aromatic rings. The van der Waals surface area contributed by atoms with Gasteiger partial charge >= 0.3 is 0 Å². The molecule has 1 fully saturated rings. The smallest absolute Gasteiger partial charge is 0.293 e. The van der Waals surface area contributed by atoms with E-state index in [1.54, 1.807) is 12.1 Å². The normalized spacial score (nSPS) is 16.5. The van der Waals surface area contributed by atoms with Crippen LogP contribution in [0.4, 0.5) is 11.4 Å². The quantitative estimate of drug-likeness (QED) is 0.645. The Morgan fingerprint density at radius 1 is 1.38 bits per heavy atom. The van der Waals surface area contributed by atoms with Crippen LogP contribution in [0.15, 0.2) is 18.2 Å². The summed E-state index contributed by atoms with van der Waals surface area (Å²) in [5, 5.41) is 17.1. The van der Waals surface area contributed by atoms with Gasteiger partial charge in [0.05, 0.1) is 4.92 Å². The van der Waals surface area contributed by atoms with Crippen LogP contribution in [0.2, 0.25) is 0 Å². The van der Waals surface area contributed by atoms with E-state index < -0.39 is 4.92 Å². The van der Waals surface area contributed by atoms with Crippen LogP contribution in [0.25, 0.3) is 0 Å². The molecule has 6 nitrogen and oxygen atoms in total. The molecule has 0 saturated heterocycles. The van der Waals surface area contributed by atoms with Crippen LogP contribution in [0.5, 0.6) is 0 Å². The number of hydrogen-bond donors (Lipinski definition) is 2. The zero-order chi connectivity index (χ0) is 15.5.